The summed E-state index contributed by atoms with van der Waals surface area (Å²) in [5, 5.41) is 2.63. The Bertz CT molecular complexity index is 881. The number of thiophene rings is 1. The van der Waals surface area contributed by atoms with Crippen LogP contribution in [0.25, 0.3) is 10.9 Å². The van der Waals surface area contributed by atoms with Crippen LogP contribution in [0.3, 0.4) is 0 Å². The molecule has 1 aromatic carbocycles. The van der Waals surface area contributed by atoms with E-state index in [-0.39, 0.29) is 10.3 Å². The fraction of sp³-hybridized carbons (Fsp3) is 0.200. The molecule has 116 valence electrons. The molecule has 5 nitrogen and oxygen atoms in total. The van der Waals surface area contributed by atoms with Crippen molar-refractivity contribution in [3.8, 4) is 5.75 Å². The van der Waals surface area contributed by atoms with Crippen LogP contribution in [0.1, 0.15) is 12.5 Å². The van der Waals surface area contributed by atoms with Crippen LogP contribution >= 0.6 is 11.3 Å². The average molecular weight is 336 g/mol. The maximum absolute atomic E-state index is 12.2. The first-order valence-corrected chi connectivity index (χ1v) is 9.09. The van der Waals surface area contributed by atoms with E-state index in [4.69, 9.17) is 9.92 Å². The molecule has 0 bridgehead atoms. The highest BCUT2D eigenvalue weighted by molar-refractivity contribution is 7.89. The van der Waals surface area contributed by atoms with Gasteiger partial charge in [0.15, 0.2) is 9.96 Å². The highest BCUT2D eigenvalue weighted by Gasteiger charge is 2.20. The molecule has 0 amide bonds. The Balaban J connectivity index is 2.00. The summed E-state index contributed by atoms with van der Waals surface area (Å²) in [6.07, 6.45) is 2.56. The molecule has 0 aliphatic heterocycles. The summed E-state index contributed by atoms with van der Waals surface area (Å²) in [5.74, 6) is 0.293. The molecule has 3 N–H and O–H groups in total. The number of nitrogens with two attached hydrogens (primary N) is 1. The summed E-state index contributed by atoms with van der Waals surface area (Å²) in [6, 6.07) is 8.57. The number of rotatable bonds is 5. The topological polar surface area (TPSA) is 85.2 Å². The van der Waals surface area contributed by atoms with Crippen LogP contribution in [0.4, 0.5) is 0 Å². The Morgan fingerprint density at radius 2 is 2.14 bits per heavy atom. The number of hydrogen-bond donors (Lipinski definition) is 2. The Morgan fingerprint density at radius 1 is 1.32 bits per heavy atom. The van der Waals surface area contributed by atoms with Crippen LogP contribution in [0, 0.1) is 0 Å². The summed E-state index contributed by atoms with van der Waals surface area (Å²) >= 11 is 1.13. The quantitative estimate of drug-likeness (QED) is 0.702. The second-order valence-corrected chi connectivity index (χ2v) is 7.86. The molecule has 0 saturated heterocycles. The van der Waals surface area contributed by atoms with Gasteiger partial charge in [-0.05, 0) is 36.4 Å². The van der Waals surface area contributed by atoms with Gasteiger partial charge in [0, 0.05) is 17.6 Å². The van der Waals surface area contributed by atoms with E-state index in [2.05, 4.69) is 4.98 Å². The van der Waals surface area contributed by atoms with Crippen molar-refractivity contribution in [1.29, 1.82) is 0 Å². The molecule has 0 fully saturated rings. The number of H-pyrrole nitrogens is 1. The zero-order valence-electron chi connectivity index (χ0n) is 11.9. The van der Waals surface area contributed by atoms with E-state index < -0.39 is 10.1 Å². The first-order chi connectivity index (χ1) is 10.5. The van der Waals surface area contributed by atoms with Crippen molar-refractivity contribution in [2.24, 2.45) is 5.73 Å². The first-order valence-electron chi connectivity index (χ1n) is 6.80. The van der Waals surface area contributed by atoms with Crippen molar-refractivity contribution in [3.05, 3.63) is 47.5 Å². The molecular weight excluding hydrogens is 320 g/mol. The Morgan fingerprint density at radius 3 is 2.82 bits per heavy atom. The third kappa shape index (κ3) is 2.87. The summed E-state index contributed by atoms with van der Waals surface area (Å²) in [5.41, 5.74) is 7.55. The molecule has 0 aliphatic carbocycles. The van der Waals surface area contributed by atoms with Gasteiger partial charge in [0.2, 0.25) is 0 Å². The van der Waals surface area contributed by atoms with Crippen molar-refractivity contribution in [2.45, 2.75) is 23.6 Å². The third-order valence-corrected chi connectivity index (χ3v) is 5.84. The summed E-state index contributed by atoms with van der Waals surface area (Å²) in [6.45, 7) is 1.93. The lowest BCUT2D eigenvalue weighted by Gasteiger charge is -2.07. The maximum Gasteiger partial charge on any atom is 0.348 e. The minimum absolute atomic E-state index is 0.0263. The highest BCUT2D eigenvalue weighted by atomic mass is 32.3. The molecule has 0 unspecified atom stereocenters. The molecule has 7 heteroatoms. The van der Waals surface area contributed by atoms with E-state index in [0.29, 0.717) is 17.7 Å². The number of aromatic nitrogens is 1. The van der Waals surface area contributed by atoms with E-state index >= 15 is 0 Å². The van der Waals surface area contributed by atoms with Crippen molar-refractivity contribution >= 4 is 32.4 Å². The van der Waals surface area contributed by atoms with Crippen LogP contribution in [0.5, 0.6) is 5.75 Å². The first kappa shape index (κ1) is 15.1. The molecule has 0 radical (unpaired) electrons. The normalized spacial score (nSPS) is 13.4. The van der Waals surface area contributed by atoms with E-state index in [0.717, 1.165) is 22.3 Å². The minimum Gasteiger partial charge on any atom is -0.376 e. The molecule has 0 spiro atoms. The van der Waals surface area contributed by atoms with Gasteiger partial charge >= 0.3 is 10.1 Å². The van der Waals surface area contributed by atoms with Crippen LogP contribution < -0.4 is 9.92 Å². The zero-order valence-corrected chi connectivity index (χ0v) is 13.6. The third-order valence-electron chi connectivity index (χ3n) is 3.25. The molecule has 0 aliphatic rings. The zero-order chi connectivity index (χ0) is 15.7. The van der Waals surface area contributed by atoms with Gasteiger partial charge in [0.05, 0.1) is 5.52 Å². The molecule has 0 saturated carbocycles. The van der Waals surface area contributed by atoms with E-state index in [1.165, 1.54) is 6.07 Å². The molecule has 3 rings (SSSR count). The second-order valence-electron chi connectivity index (χ2n) is 5.14. The van der Waals surface area contributed by atoms with Crippen molar-refractivity contribution < 1.29 is 12.6 Å². The van der Waals surface area contributed by atoms with Gasteiger partial charge in [-0.25, -0.2) is 0 Å². The van der Waals surface area contributed by atoms with Gasteiger partial charge in [-0.3, -0.25) is 0 Å². The van der Waals surface area contributed by atoms with Crippen LogP contribution in [0.15, 0.2) is 46.1 Å². The SMILES string of the molecule is C[C@@H](N)Cc1c[nH]c2c(OS(=O)(=O)c3cccs3)cccc12. The monoisotopic (exact) mass is 336 g/mol. The van der Waals surface area contributed by atoms with E-state index in [9.17, 15) is 8.42 Å². The van der Waals surface area contributed by atoms with E-state index in [1.54, 1.807) is 23.6 Å². The molecule has 2 heterocycles. The lowest BCUT2D eigenvalue weighted by Crippen LogP contribution is -2.17. The van der Waals surface area contributed by atoms with Gasteiger partial charge in [-0.15, -0.1) is 11.3 Å². The fourth-order valence-electron chi connectivity index (χ4n) is 2.33. The maximum atomic E-state index is 12.2. The van der Waals surface area contributed by atoms with E-state index in [1.807, 2.05) is 19.2 Å². The standard InChI is InChI=1S/C15H16N2O3S2/c1-10(16)8-11-9-17-15-12(11)4-2-5-13(15)20-22(18,19)14-6-3-7-21-14/h2-7,9-10,17H,8,16H2,1H3/t10-/m1/s1. The number of fused-ring (bicyclic) bond motifs is 1. The fourth-order valence-corrected chi connectivity index (χ4v) is 4.23. The Labute approximate surface area is 132 Å². The lowest BCUT2D eigenvalue weighted by atomic mass is 10.1. The van der Waals surface area contributed by atoms with Crippen molar-refractivity contribution in [1.82, 2.24) is 4.98 Å². The number of nitrogens with one attached hydrogen (secondary N) is 1. The number of hydrogen-bond acceptors (Lipinski definition) is 5. The van der Waals surface area contributed by atoms with Crippen LogP contribution in [-0.4, -0.2) is 19.4 Å². The Hall–Kier alpha value is -1.83. The number of para-hydroxylation sites is 1. The lowest BCUT2D eigenvalue weighted by molar-refractivity contribution is 0.490. The van der Waals surface area contributed by atoms with Gasteiger partial charge in [0.1, 0.15) is 0 Å². The van der Waals surface area contributed by atoms with Gasteiger partial charge in [-0.2, -0.15) is 8.42 Å². The molecule has 2 aromatic heterocycles. The number of benzene rings is 1. The van der Waals surface area contributed by atoms with Crippen molar-refractivity contribution in [3.63, 3.8) is 0 Å². The average Bonchev–Trinajstić information content (AvgIpc) is 3.09. The largest absolute Gasteiger partial charge is 0.376 e. The molecular formula is C15H16N2O3S2. The number of aromatic amines is 1. The van der Waals surface area contributed by atoms with Crippen LogP contribution in [-0.2, 0) is 16.5 Å². The molecule has 1 atom stereocenters. The summed E-state index contributed by atoms with van der Waals surface area (Å²) in [7, 11) is -3.80. The molecule has 3 aromatic rings. The smallest absolute Gasteiger partial charge is 0.348 e. The summed E-state index contributed by atoms with van der Waals surface area (Å²) < 4.78 is 30.0. The van der Waals surface area contributed by atoms with Gasteiger partial charge < -0.3 is 14.9 Å². The minimum atomic E-state index is -3.80. The van der Waals surface area contributed by atoms with Gasteiger partial charge in [0.25, 0.3) is 0 Å². The second kappa shape index (κ2) is 5.75. The molecule has 22 heavy (non-hydrogen) atoms. The predicted molar refractivity (Wildman–Crippen MR) is 87.8 cm³/mol. The highest BCUT2D eigenvalue weighted by Crippen LogP contribution is 2.30. The van der Waals surface area contributed by atoms with Crippen LogP contribution in [0.2, 0.25) is 0 Å². The van der Waals surface area contributed by atoms with Gasteiger partial charge in [-0.1, -0.05) is 18.2 Å². The summed E-state index contributed by atoms with van der Waals surface area (Å²) in [4.78, 5) is 3.09. The predicted octanol–water partition coefficient (Wildman–Crippen LogP) is 2.89. The van der Waals surface area contributed by atoms with Crippen molar-refractivity contribution in [2.75, 3.05) is 0 Å². The Kier molecular flexibility index (Phi) is 3.94.